The second-order valence-corrected chi connectivity index (χ2v) is 4.71. The van der Waals surface area contributed by atoms with Crippen molar-refractivity contribution in [1.82, 2.24) is 10.1 Å². The maximum Gasteiger partial charge on any atom is 0.351 e. The highest BCUT2D eigenvalue weighted by Crippen LogP contribution is 2.18. The van der Waals surface area contributed by atoms with Gasteiger partial charge in [0.05, 0.1) is 0 Å². The molecule has 0 fully saturated rings. The SMILES string of the molecule is Cc1noc(C(C)OC(=O)c2cc3ccccc3oc2=O)n1. The first kappa shape index (κ1) is 14.0. The van der Waals surface area contributed by atoms with E-state index in [2.05, 4.69) is 10.1 Å². The maximum absolute atomic E-state index is 12.1. The third-order valence-corrected chi connectivity index (χ3v) is 3.04. The molecule has 22 heavy (non-hydrogen) atoms. The van der Waals surface area contributed by atoms with Crippen molar-refractivity contribution in [1.29, 1.82) is 0 Å². The Balaban J connectivity index is 1.88. The van der Waals surface area contributed by atoms with Crippen molar-refractivity contribution in [3.8, 4) is 0 Å². The molecule has 0 saturated carbocycles. The van der Waals surface area contributed by atoms with Crippen LogP contribution >= 0.6 is 0 Å². The van der Waals surface area contributed by atoms with Crippen LogP contribution in [0.3, 0.4) is 0 Å². The normalized spacial score (nSPS) is 12.3. The van der Waals surface area contributed by atoms with E-state index in [9.17, 15) is 9.59 Å². The monoisotopic (exact) mass is 300 g/mol. The zero-order valence-electron chi connectivity index (χ0n) is 11.9. The molecule has 0 aliphatic carbocycles. The Bertz CT molecular complexity index is 896. The van der Waals surface area contributed by atoms with Crippen molar-refractivity contribution in [2.45, 2.75) is 20.0 Å². The minimum Gasteiger partial charge on any atom is -0.449 e. The summed E-state index contributed by atoms with van der Waals surface area (Å²) in [6.07, 6.45) is -0.764. The largest absolute Gasteiger partial charge is 0.449 e. The van der Waals surface area contributed by atoms with E-state index in [0.717, 1.165) is 0 Å². The molecule has 0 bridgehead atoms. The van der Waals surface area contributed by atoms with E-state index in [-0.39, 0.29) is 11.5 Å². The van der Waals surface area contributed by atoms with Crippen molar-refractivity contribution in [2.24, 2.45) is 0 Å². The molecular formula is C15H12N2O5. The van der Waals surface area contributed by atoms with Gasteiger partial charge in [-0.1, -0.05) is 23.4 Å². The van der Waals surface area contributed by atoms with Gasteiger partial charge in [0.1, 0.15) is 11.1 Å². The Kier molecular flexibility index (Phi) is 3.46. The van der Waals surface area contributed by atoms with Crippen LogP contribution in [0.25, 0.3) is 11.0 Å². The molecule has 0 N–H and O–H groups in total. The van der Waals surface area contributed by atoms with E-state index in [1.54, 1.807) is 38.1 Å². The van der Waals surface area contributed by atoms with Crippen molar-refractivity contribution < 1.29 is 18.5 Å². The van der Waals surface area contributed by atoms with Gasteiger partial charge in [0.15, 0.2) is 11.9 Å². The van der Waals surface area contributed by atoms with Gasteiger partial charge in [0.2, 0.25) is 0 Å². The van der Waals surface area contributed by atoms with Gasteiger partial charge in [-0.05, 0) is 26.0 Å². The van der Waals surface area contributed by atoms with Crippen molar-refractivity contribution in [3.63, 3.8) is 0 Å². The second-order valence-electron chi connectivity index (χ2n) is 4.71. The summed E-state index contributed by atoms with van der Waals surface area (Å²) in [5.41, 5.74) is -0.524. The number of fused-ring (bicyclic) bond motifs is 1. The Labute approximate surface area is 124 Å². The number of rotatable bonds is 3. The first-order chi connectivity index (χ1) is 10.5. The number of aryl methyl sites for hydroxylation is 1. The summed E-state index contributed by atoms with van der Waals surface area (Å²) in [6.45, 7) is 3.23. The van der Waals surface area contributed by atoms with Crippen molar-refractivity contribution >= 4 is 16.9 Å². The number of nitrogens with zero attached hydrogens (tertiary/aromatic N) is 2. The standard InChI is InChI=1S/C15H12N2O5/c1-8(13-16-9(2)17-22-13)20-14(18)11-7-10-5-3-4-6-12(10)21-15(11)19/h3-8H,1-2H3. The topological polar surface area (TPSA) is 95.4 Å². The molecule has 3 aromatic rings. The summed E-state index contributed by atoms with van der Waals surface area (Å²) in [7, 11) is 0. The first-order valence-corrected chi connectivity index (χ1v) is 6.58. The smallest absolute Gasteiger partial charge is 0.351 e. The molecule has 1 atom stereocenters. The number of para-hydroxylation sites is 1. The Morgan fingerprint density at radius 1 is 1.32 bits per heavy atom. The van der Waals surface area contributed by atoms with Crippen LogP contribution in [0, 0.1) is 6.92 Å². The molecule has 2 heterocycles. The number of hydrogen-bond donors (Lipinski definition) is 0. The van der Waals surface area contributed by atoms with Gasteiger partial charge in [0.25, 0.3) is 5.89 Å². The third-order valence-electron chi connectivity index (χ3n) is 3.04. The van der Waals surface area contributed by atoms with Crippen LogP contribution < -0.4 is 5.63 Å². The fourth-order valence-corrected chi connectivity index (χ4v) is 1.96. The highest BCUT2D eigenvalue weighted by molar-refractivity contribution is 5.92. The van der Waals surface area contributed by atoms with Crippen molar-refractivity contribution in [2.75, 3.05) is 0 Å². The summed E-state index contributed by atoms with van der Waals surface area (Å²) in [5.74, 6) is -0.206. The van der Waals surface area contributed by atoms with Crippen LogP contribution in [0.4, 0.5) is 0 Å². The summed E-state index contributed by atoms with van der Waals surface area (Å²) < 4.78 is 15.2. The minimum atomic E-state index is -0.803. The number of aromatic nitrogens is 2. The minimum absolute atomic E-state index is 0.163. The molecular weight excluding hydrogens is 288 g/mol. The average molecular weight is 300 g/mol. The van der Waals surface area contributed by atoms with Gasteiger partial charge in [-0.3, -0.25) is 0 Å². The number of hydrogen-bond acceptors (Lipinski definition) is 7. The molecule has 1 aromatic carbocycles. The summed E-state index contributed by atoms with van der Waals surface area (Å²) in [4.78, 5) is 28.0. The molecule has 112 valence electrons. The Morgan fingerprint density at radius 3 is 2.82 bits per heavy atom. The van der Waals surface area contributed by atoms with Crippen molar-refractivity contribution in [3.05, 3.63) is 58.0 Å². The van der Waals surface area contributed by atoms with E-state index < -0.39 is 17.7 Å². The molecule has 0 aliphatic heterocycles. The van der Waals surface area contributed by atoms with E-state index in [1.807, 2.05) is 0 Å². The van der Waals surface area contributed by atoms with Crippen LogP contribution in [0.2, 0.25) is 0 Å². The van der Waals surface area contributed by atoms with Crippen LogP contribution in [-0.4, -0.2) is 16.1 Å². The third kappa shape index (κ3) is 2.60. The predicted octanol–water partition coefficient (Wildman–Crippen LogP) is 2.40. The second kappa shape index (κ2) is 5.44. The van der Waals surface area contributed by atoms with Crippen LogP contribution in [0.5, 0.6) is 0 Å². The molecule has 0 spiro atoms. The van der Waals surface area contributed by atoms with Gasteiger partial charge in [-0.2, -0.15) is 4.98 Å². The highest BCUT2D eigenvalue weighted by Gasteiger charge is 2.22. The van der Waals surface area contributed by atoms with Crippen LogP contribution in [0.15, 0.2) is 44.1 Å². The zero-order chi connectivity index (χ0) is 15.7. The fourth-order valence-electron chi connectivity index (χ4n) is 1.96. The molecule has 7 nitrogen and oxygen atoms in total. The van der Waals surface area contributed by atoms with Gasteiger partial charge in [-0.25, -0.2) is 9.59 Å². The fraction of sp³-hybridized carbons (Fsp3) is 0.200. The van der Waals surface area contributed by atoms with Gasteiger partial charge in [-0.15, -0.1) is 0 Å². The lowest BCUT2D eigenvalue weighted by molar-refractivity contribution is 0.0261. The van der Waals surface area contributed by atoms with Gasteiger partial charge >= 0.3 is 11.6 Å². The van der Waals surface area contributed by atoms with Crippen LogP contribution in [-0.2, 0) is 4.74 Å². The number of benzene rings is 1. The number of esters is 1. The molecule has 3 rings (SSSR count). The lowest BCUT2D eigenvalue weighted by atomic mass is 10.2. The summed E-state index contributed by atoms with van der Waals surface area (Å²) >= 11 is 0. The molecule has 0 aliphatic rings. The van der Waals surface area contributed by atoms with E-state index in [0.29, 0.717) is 16.8 Å². The zero-order valence-corrected chi connectivity index (χ0v) is 11.9. The van der Waals surface area contributed by atoms with E-state index in [4.69, 9.17) is 13.7 Å². The Hall–Kier alpha value is -2.96. The Morgan fingerprint density at radius 2 is 2.09 bits per heavy atom. The molecule has 0 amide bonds. The number of carbonyl (C=O) groups excluding carboxylic acids is 1. The lowest BCUT2D eigenvalue weighted by Gasteiger charge is -2.08. The average Bonchev–Trinajstić information content (AvgIpc) is 2.93. The first-order valence-electron chi connectivity index (χ1n) is 6.58. The summed E-state index contributed by atoms with van der Waals surface area (Å²) in [6, 6.07) is 8.34. The maximum atomic E-state index is 12.1. The quantitative estimate of drug-likeness (QED) is 0.541. The number of carbonyl (C=O) groups is 1. The molecule has 1 unspecified atom stereocenters. The predicted molar refractivity (Wildman–Crippen MR) is 75.3 cm³/mol. The lowest BCUT2D eigenvalue weighted by Crippen LogP contribution is -2.18. The highest BCUT2D eigenvalue weighted by atomic mass is 16.6. The molecule has 0 radical (unpaired) electrons. The van der Waals surface area contributed by atoms with Gasteiger partial charge < -0.3 is 13.7 Å². The number of ether oxygens (including phenoxy) is 1. The molecule has 0 saturated heterocycles. The van der Waals surface area contributed by atoms with E-state index >= 15 is 0 Å². The van der Waals surface area contributed by atoms with Crippen LogP contribution in [0.1, 0.15) is 35.1 Å². The molecule has 2 aromatic heterocycles. The van der Waals surface area contributed by atoms with Gasteiger partial charge in [0, 0.05) is 5.39 Å². The summed E-state index contributed by atoms with van der Waals surface area (Å²) in [5, 5.41) is 4.25. The molecule has 7 heteroatoms. The van der Waals surface area contributed by atoms with E-state index in [1.165, 1.54) is 6.07 Å².